The lowest BCUT2D eigenvalue weighted by atomic mass is 10.0. The molecule has 1 saturated heterocycles. The summed E-state index contributed by atoms with van der Waals surface area (Å²) in [6.07, 6.45) is 6.40. The minimum Gasteiger partial charge on any atom is -0.353 e. The number of nitrogens with one attached hydrogen (secondary N) is 1. The molecule has 2 aromatic rings. The number of benzene rings is 1. The van der Waals surface area contributed by atoms with Gasteiger partial charge in [-0.25, -0.2) is 0 Å². The Labute approximate surface area is 153 Å². The molecule has 1 aliphatic carbocycles. The summed E-state index contributed by atoms with van der Waals surface area (Å²) >= 11 is 6.12. The number of aliphatic imine (C=N–C) groups is 1. The van der Waals surface area contributed by atoms with Crippen LogP contribution in [-0.2, 0) is 7.05 Å². The van der Waals surface area contributed by atoms with Crippen LogP contribution in [0.4, 0.5) is 0 Å². The fourth-order valence-corrected chi connectivity index (χ4v) is 4.00. The third-order valence-corrected chi connectivity index (χ3v) is 5.51. The van der Waals surface area contributed by atoms with Crippen LogP contribution in [0.3, 0.4) is 0 Å². The van der Waals surface area contributed by atoms with E-state index in [1.165, 1.54) is 11.1 Å². The minimum absolute atomic E-state index is 0.453. The normalized spacial score (nSPS) is 26.1. The summed E-state index contributed by atoms with van der Waals surface area (Å²) in [6.45, 7) is 2.04. The van der Waals surface area contributed by atoms with E-state index in [1.54, 1.807) is 0 Å². The molecule has 1 saturated carbocycles. The molecule has 1 aromatic heterocycles. The summed E-state index contributed by atoms with van der Waals surface area (Å²) in [6, 6.07) is 8.65. The van der Waals surface area contributed by atoms with Crippen LogP contribution in [0.1, 0.15) is 35.8 Å². The van der Waals surface area contributed by atoms with Crippen LogP contribution in [0, 0.1) is 0 Å². The van der Waals surface area contributed by atoms with Crippen LogP contribution in [0.2, 0.25) is 5.02 Å². The van der Waals surface area contributed by atoms with Gasteiger partial charge in [0, 0.05) is 56.3 Å². The van der Waals surface area contributed by atoms with E-state index in [4.69, 9.17) is 11.6 Å². The number of hydrogen-bond donors (Lipinski definition) is 1. The predicted octanol–water partition coefficient (Wildman–Crippen LogP) is 2.99. The van der Waals surface area contributed by atoms with Crippen molar-refractivity contribution in [2.45, 2.75) is 30.7 Å². The van der Waals surface area contributed by atoms with E-state index in [2.05, 4.69) is 38.6 Å². The van der Waals surface area contributed by atoms with Crippen molar-refractivity contribution in [3.8, 4) is 0 Å². The molecule has 4 rings (SSSR count). The standard InChI is InChI=1S/C19H24ClN5/c1-21-19(23-18-9-17(18)13-4-3-5-16(20)8-13)25-7-6-14(12-25)15-10-22-24(2)11-15/h3-5,8,10-11,14,17-18H,6-7,9,12H2,1-2H3,(H,21,23). The van der Waals surface area contributed by atoms with E-state index in [0.29, 0.717) is 17.9 Å². The first kappa shape index (κ1) is 16.5. The first-order valence-electron chi connectivity index (χ1n) is 8.86. The smallest absolute Gasteiger partial charge is 0.193 e. The number of hydrogen-bond acceptors (Lipinski definition) is 2. The second-order valence-corrected chi connectivity index (χ2v) is 7.51. The van der Waals surface area contributed by atoms with Gasteiger partial charge >= 0.3 is 0 Å². The number of nitrogens with zero attached hydrogens (tertiary/aromatic N) is 4. The van der Waals surface area contributed by atoms with Crippen molar-refractivity contribution in [1.82, 2.24) is 20.0 Å². The fourth-order valence-electron chi connectivity index (χ4n) is 3.80. The van der Waals surface area contributed by atoms with Gasteiger partial charge in [-0.05, 0) is 36.1 Å². The topological polar surface area (TPSA) is 45.5 Å². The highest BCUT2D eigenvalue weighted by molar-refractivity contribution is 6.30. The van der Waals surface area contributed by atoms with Crippen LogP contribution >= 0.6 is 11.6 Å². The lowest BCUT2D eigenvalue weighted by Gasteiger charge is -2.21. The number of rotatable bonds is 3. The van der Waals surface area contributed by atoms with Crippen LogP contribution in [0.5, 0.6) is 0 Å². The van der Waals surface area contributed by atoms with E-state index in [9.17, 15) is 0 Å². The predicted molar refractivity (Wildman–Crippen MR) is 101 cm³/mol. The summed E-state index contributed by atoms with van der Waals surface area (Å²) < 4.78 is 1.88. The molecule has 1 N–H and O–H groups in total. The van der Waals surface area contributed by atoms with Gasteiger partial charge in [-0.1, -0.05) is 23.7 Å². The Kier molecular flexibility index (Phi) is 4.42. The maximum absolute atomic E-state index is 6.12. The highest BCUT2D eigenvalue weighted by atomic mass is 35.5. The zero-order valence-corrected chi connectivity index (χ0v) is 15.4. The zero-order valence-electron chi connectivity index (χ0n) is 14.7. The molecule has 3 unspecified atom stereocenters. The van der Waals surface area contributed by atoms with E-state index in [1.807, 2.05) is 37.1 Å². The molecule has 6 heteroatoms. The summed E-state index contributed by atoms with van der Waals surface area (Å²) in [4.78, 5) is 6.88. The third kappa shape index (κ3) is 3.52. The van der Waals surface area contributed by atoms with Crippen LogP contribution in [0.15, 0.2) is 41.7 Å². The first-order valence-corrected chi connectivity index (χ1v) is 9.24. The van der Waals surface area contributed by atoms with Crippen molar-refractivity contribution < 1.29 is 0 Å². The van der Waals surface area contributed by atoms with Gasteiger partial charge in [-0.2, -0.15) is 5.10 Å². The highest BCUT2D eigenvalue weighted by Gasteiger charge is 2.40. The Morgan fingerprint density at radius 2 is 2.24 bits per heavy atom. The molecular formula is C19H24ClN5. The number of aryl methyl sites for hydroxylation is 1. The van der Waals surface area contributed by atoms with Gasteiger partial charge in [0.1, 0.15) is 0 Å². The largest absolute Gasteiger partial charge is 0.353 e. The van der Waals surface area contributed by atoms with E-state index < -0.39 is 0 Å². The van der Waals surface area contributed by atoms with Crippen molar-refractivity contribution in [2.75, 3.05) is 20.1 Å². The number of aromatic nitrogens is 2. The molecule has 0 radical (unpaired) electrons. The Balaban J connectivity index is 1.36. The summed E-state index contributed by atoms with van der Waals surface area (Å²) in [5.41, 5.74) is 2.64. The van der Waals surface area contributed by atoms with Crippen LogP contribution in [0.25, 0.3) is 0 Å². The van der Waals surface area contributed by atoms with E-state index in [0.717, 1.165) is 36.9 Å². The van der Waals surface area contributed by atoms with Gasteiger partial charge in [-0.15, -0.1) is 0 Å². The Morgan fingerprint density at radius 1 is 1.36 bits per heavy atom. The molecular weight excluding hydrogens is 334 g/mol. The Bertz CT molecular complexity index is 784. The minimum atomic E-state index is 0.453. The van der Waals surface area contributed by atoms with Gasteiger partial charge in [0.2, 0.25) is 0 Å². The first-order chi connectivity index (χ1) is 12.1. The second-order valence-electron chi connectivity index (χ2n) is 7.07. The quantitative estimate of drug-likeness (QED) is 0.678. The van der Waals surface area contributed by atoms with E-state index in [-0.39, 0.29) is 0 Å². The van der Waals surface area contributed by atoms with Crippen molar-refractivity contribution in [3.05, 3.63) is 52.8 Å². The molecule has 2 aliphatic rings. The second kappa shape index (κ2) is 6.71. The maximum atomic E-state index is 6.12. The van der Waals surface area contributed by atoms with Gasteiger partial charge < -0.3 is 10.2 Å². The molecule has 5 nitrogen and oxygen atoms in total. The van der Waals surface area contributed by atoms with Crippen LogP contribution in [-0.4, -0.2) is 46.8 Å². The molecule has 1 aliphatic heterocycles. The van der Waals surface area contributed by atoms with Crippen molar-refractivity contribution in [2.24, 2.45) is 12.0 Å². The fraction of sp³-hybridized carbons (Fsp3) is 0.474. The van der Waals surface area contributed by atoms with Gasteiger partial charge in [0.05, 0.1) is 6.20 Å². The number of halogens is 1. The molecule has 0 bridgehead atoms. The average molecular weight is 358 g/mol. The summed E-state index contributed by atoms with van der Waals surface area (Å²) in [5, 5.41) is 8.75. The Hall–Kier alpha value is -2.01. The highest BCUT2D eigenvalue weighted by Crippen LogP contribution is 2.41. The maximum Gasteiger partial charge on any atom is 0.193 e. The van der Waals surface area contributed by atoms with Crippen LogP contribution < -0.4 is 5.32 Å². The number of guanidine groups is 1. The third-order valence-electron chi connectivity index (χ3n) is 5.28. The molecule has 0 spiro atoms. The zero-order chi connectivity index (χ0) is 17.4. The lowest BCUT2D eigenvalue weighted by molar-refractivity contribution is 0.484. The van der Waals surface area contributed by atoms with Crippen molar-refractivity contribution in [3.63, 3.8) is 0 Å². The molecule has 0 amide bonds. The Morgan fingerprint density at radius 3 is 2.96 bits per heavy atom. The SMILES string of the molecule is CN=C(NC1CC1c1cccc(Cl)c1)N1CCC(c2cnn(C)c2)C1. The molecule has 3 atom stereocenters. The van der Waals surface area contributed by atoms with Gasteiger partial charge in [0.15, 0.2) is 5.96 Å². The van der Waals surface area contributed by atoms with Gasteiger partial charge in [-0.3, -0.25) is 9.67 Å². The molecule has 2 fully saturated rings. The molecule has 1 aromatic carbocycles. The van der Waals surface area contributed by atoms with Crippen molar-refractivity contribution in [1.29, 1.82) is 0 Å². The molecule has 2 heterocycles. The monoisotopic (exact) mass is 357 g/mol. The summed E-state index contributed by atoms with van der Waals surface area (Å²) in [7, 11) is 3.84. The molecule has 25 heavy (non-hydrogen) atoms. The average Bonchev–Trinajstić information content (AvgIpc) is 2.99. The lowest BCUT2D eigenvalue weighted by Crippen LogP contribution is -2.41. The molecule has 132 valence electrons. The number of likely N-dealkylation sites (tertiary alicyclic amines) is 1. The van der Waals surface area contributed by atoms with E-state index >= 15 is 0 Å². The van der Waals surface area contributed by atoms with Gasteiger partial charge in [0.25, 0.3) is 0 Å². The van der Waals surface area contributed by atoms with Crippen molar-refractivity contribution >= 4 is 17.6 Å². The summed E-state index contributed by atoms with van der Waals surface area (Å²) in [5.74, 6) is 2.09.